The molecule has 0 fully saturated rings. The number of nitrogens with zero attached hydrogens (tertiary/aromatic N) is 1. The molecule has 178 valence electrons. The zero-order chi connectivity index (χ0) is 24.0. The van der Waals surface area contributed by atoms with E-state index < -0.39 is 5.51 Å². The van der Waals surface area contributed by atoms with Crippen LogP contribution in [0.15, 0.2) is 47.5 Å². The summed E-state index contributed by atoms with van der Waals surface area (Å²) in [4.78, 5) is 5.64. The lowest BCUT2D eigenvalue weighted by Crippen LogP contribution is -2.26. The molecule has 2 N–H and O–H groups in total. The van der Waals surface area contributed by atoms with Crippen molar-refractivity contribution in [2.45, 2.75) is 42.8 Å². The first-order valence-corrected chi connectivity index (χ1v) is 11.7. The second kappa shape index (κ2) is 11.1. The molecule has 0 amide bonds. The van der Waals surface area contributed by atoms with Gasteiger partial charge in [-0.05, 0) is 42.8 Å². The van der Waals surface area contributed by atoms with Crippen molar-refractivity contribution in [1.82, 2.24) is 4.98 Å². The zero-order valence-electron chi connectivity index (χ0n) is 18.4. The van der Waals surface area contributed by atoms with E-state index in [1.807, 2.05) is 13.1 Å². The van der Waals surface area contributed by atoms with E-state index in [0.29, 0.717) is 30.1 Å². The van der Waals surface area contributed by atoms with Gasteiger partial charge in [-0.15, -0.1) is 11.3 Å². The summed E-state index contributed by atoms with van der Waals surface area (Å²) in [5.41, 5.74) is 3.63. The number of methoxy groups -OCH3 is 2. The Morgan fingerprint density at radius 3 is 2.21 bits per heavy atom. The monoisotopic (exact) mass is 498 g/mol. The molecular weight excluding hydrogens is 473 g/mol. The van der Waals surface area contributed by atoms with E-state index in [-0.39, 0.29) is 29.3 Å². The summed E-state index contributed by atoms with van der Waals surface area (Å²) >= 11 is 1.48. The predicted molar refractivity (Wildman–Crippen MR) is 124 cm³/mol. The quantitative estimate of drug-likeness (QED) is 0.358. The third-order valence-corrected chi connectivity index (χ3v) is 6.39. The third-order valence-electron chi connectivity index (χ3n) is 4.72. The Morgan fingerprint density at radius 1 is 1.06 bits per heavy atom. The zero-order valence-corrected chi connectivity index (χ0v) is 20.1. The van der Waals surface area contributed by atoms with Crippen LogP contribution >= 0.6 is 23.1 Å². The molecule has 3 aromatic rings. The largest absolute Gasteiger partial charge is 0.496 e. The molecule has 0 aliphatic heterocycles. The van der Waals surface area contributed by atoms with Crippen molar-refractivity contribution in [3.05, 3.63) is 63.6 Å². The molecule has 0 aliphatic rings. The van der Waals surface area contributed by atoms with Gasteiger partial charge in [-0.1, -0.05) is 12.1 Å². The van der Waals surface area contributed by atoms with Gasteiger partial charge in [0, 0.05) is 46.1 Å². The van der Waals surface area contributed by atoms with Crippen molar-refractivity contribution in [1.29, 1.82) is 0 Å². The first kappa shape index (κ1) is 25.2. The molecule has 0 aliphatic carbocycles. The standard InChI is InChI=1S/C23H25F3N2O3S2/c1-14-12-28-22(32-14)9-16(27)8-19-20(29-2)10-17(11-21(19)30-3)31-13-15-4-6-18(7-5-15)33-23(24,25)26/h4-7,10-12,16H,8-9,13,27H2,1-3H3/t16-/m0/s1. The summed E-state index contributed by atoms with van der Waals surface area (Å²) < 4.78 is 54.4. The van der Waals surface area contributed by atoms with Crippen LogP contribution < -0.4 is 19.9 Å². The molecule has 0 unspecified atom stereocenters. The highest BCUT2D eigenvalue weighted by Gasteiger charge is 2.29. The first-order valence-electron chi connectivity index (χ1n) is 10.1. The van der Waals surface area contributed by atoms with E-state index in [9.17, 15) is 13.2 Å². The van der Waals surface area contributed by atoms with Gasteiger partial charge in [-0.25, -0.2) is 4.98 Å². The maximum Gasteiger partial charge on any atom is 0.446 e. The Hall–Kier alpha value is -2.43. The highest BCUT2D eigenvalue weighted by atomic mass is 32.2. The first-order chi connectivity index (χ1) is 15.7. The van der Waals surface area contributed by atoms with Crippen LogP contribution in [0.25, 0.3) is 0 Å². The fourth-order valence-electron chi connectivity index (χ4n) is 3.25. The molecule has 2 aromatic carbocycles. The van der Waals surface area contributed by atoms with Crippen molar-refractivity contribution >= 4 is 23.1 Å². The molecule has 5 nitrogen and oxygen atoms in total. The van der Waals surface area contributed by atoms with Gasteiger partial charge < -0.3 is 19.9 Å². The highest BCUT2D eigenvalue weighted by Crippen LogP contribution is 2.37. The van der Waals surface area contributed by atoms with Gasteiger partial charge >= 0.3 is 5.51 Å². The number of rotatable bonds is 10. The average molecular weight is 499 g/mol. The summed E-state index contributed by atoms with van der Waals surface area (Å²) in [6.07, 6.45) is 3.01. The minimum absolute atomic E-state index is 0.128. The maximum absolute atomic E-state index is 12.5. The van der Waals surface area contributed by atoms with Crippen molar-refractivity contribution in [2.75, 3.05) is 14.2 Å². The number of benzene rings is 2. The summed E-state index contributed by atoms with van der Waals surface area (Å²) in [7, 11) is 3.13. The number of thiazole rings is 1. The molecule has 0 spiro atoms. The number of nitrogens with two attached hydrogens (primary N) is 1. The average Bonchev–Trinajstić information content (AvgIpc) is 3.16. The molecule has 0 radical (unpaired) electrons. The topological polar surface area (TPSA) is 66.6 Å². The summed E-state index contributed by atoms with van der Waals surface area (Å²) in [5.74, 6) is 1.70. The van der Waals surface area contributed by atoms with E-state index in [0.717, 1.165) is 21.0 Å². The van der Waals surface area contributed by atoms with E-state index >= 15 is 0 Å². The van der Waals surface area contributed by atoms with Crippen molar-refractivity contribution < 1.29 is 27.4 Å². The fourth-order valence-corrected chi connectivity index (χ4v) is 4.67. The number of thioether (sulfide) groups is 1. The number of hydrogen-bond acceptors (Lipinski definition) is 7. The summed E-state index contributed by atoms with van der Waals surface area (Å²) in [6.45, 7) is 2.19. The van der Waals surface area contributed by atoms with Crippen LogP contribution in [-0.2, 0) is 19.4 Å². The molecule has 1 heterocycles. The van der Waals surface area contributed by atoms with Crippen LogP contribution in [0.1, 0.15) is 21.0 Å². The number of alkyl halides is 3. The normalized spacial score (nSPS) is 12.5. The number of hydrogen-bond donors (Lipinski definition) is 1. The summed E-state index contributed by atoms with van der Waals surface area (Å²) in [5, 5.41) is 0.984. The van der Waals surface area contributed by atoms with Crippen LogP contribution in [0.2, 0.25) is 0 Å². The number of aromatic nitrogens is 1. The van der Waals surface area contributed by atoms with E-state index in [1.165, 1.54) is 12.1 Å². The fraction of sp³-hybridized carbons (Fsp3) is 0.348. The van der Waals surface area contributed by atoms with Gasteiger partial charge in [0.1, 0.15) is 23.9 Å². The van der Waals surface area contributed by atoms with Gasteiger partial charge in [0.2, 0.25) is 0 Å². The number of halogens is 3. The smallest absolute Gasteiger partial charge is 0.446 e. The number of ether oxygens (including phenoxy) is 3. The van der Waals surface area contributed by atoms with Crippen LogP contribution in [0, 0.1) is 6.92 Å². The molecule has 33 heavy (non-hydrogen) atoms. The molecule has 1 atom stereocenters. The lowest BCUT2D eigenvalue weighted by molar-refractivity contribution is -0.0328. The predicted octanol–water partition coefficient (Wildman–Crippen LogP) is 5.77. The Bertz CT molecular complexity index is 1030. The van der Waals surface area contributed by atoms with Crippen molar-refractivity contribution in [3.8, 4) is 17.2 Å². The Labute approximate surface area is 199 Å². The van der Waals surface area contributed by atoms with Gasteiger partial charge in [0.05, 0.1) is 19.2 Å². The highest BCUT2D eigenvalue weighted by molar-refractivity contribution is 8.00. The SMILES string of the molecule is COc1cc(OCc2ccc(SC(F)(F)F)cc2)cc(OC)c1C[C@H](N)Cc1ncc(C)s1. The summed E-state index contributed by atoms with van der Waals surface area (Å²) in [6, 6.07) is 9.40. The van der Waals surface area contributed by atoms with E-state index in [1.54, 1.807) is 49.8 Å². The van der Waals surface area contributed by atoms with E-state index in [2.05, 4.69) is 4.98 Å². The minimum atomic E-state index is -4.31. The van der Waals surface area contributed by atoms with Gasteiger partial charge in [0.15, 0.2) is 0 Å². The Balaban J connectivity index is 1.68. The van der Waals surface area contributed by atoms with Crippen LogP contribution in [0.3, 0.4) is 0 Å². The second-order valence-electron chi connectivity index (χ2n) is 7.32. The van der Waals surface area contributed by atoms with Gasteiger partial charge in [-0.2, -0.15) is 13.2 Å². The van der Waals surface area contributed by atoms with Crippen LogP contribution in [0.5, 0.6) is 17.2 Å². The molecule has 0 saturated carbocycles. The lowest BCUT2D eigenvalue weighted by atomic mass is 10.0. The van der Waals surface area contributed by atoms with Crippen molar-refractivity contribution in [3.63, 3.8) is 0 Å². The Morgan fingerprint density at radius 2 is 1.70 bits per heavy atom. The lowest BCUT2D eigenvalue weighted by Gasteiger charge is -2.18. The van der Waals surface area contributed by atoms with Crippen LogP contribution in [0.4, 0.5) is 13.2 Å². The van der Waals surface area contributed by atoms with Gasteiger partial charge in [0.25, 0.3) is 0 Å². The third kappa shape index (κ3) is 7.55. The molecule has 0 bridgehead atoms. The molecular formula is C23H25F3N2O3S2. The van der Waals surface area contributed by atoms with Crippen LogP contribution in [-0.4, -0.2) is 30.8 Å². The molecule has 3 rings (SSSR count). The second-order valence-corrected chi connectivity index (χ2v) is 9.78. The minimum Gasteiger partial charge on any atom is -0.496 e. The molecule has 10 heteroatoms. The van der Waals surface area contributed by atoms with Gasteiger partial charge in [-0.3, -0.25) is 0 Å². The number of aryl methyl sites for hydroxylation is 1. The molecule has 1 aromatic heterocycles. The molecule has 0 saturated heterocycles. The maximum atomic E-state index is 12.5. The Kier molecular flexibility index (Phi) is 8.50. The van der Waals surface area contributed by atoms with E-state index in [4.69, 9.17) is 19.9 Å². The van der Waals surface area contributed by atoms with Crippen molar-refractivity contribution in [2.24, 2.45) is 5.73 Å².